The summed E-state index contributed by atoms with van der Waals surface area (Å²) in [6.07, 6.45) is 0. The largest absolute Gasteiger partial charge is 0.507 e. The van der Waals surface area contributed by atoms with E-state index >= 15 is 0 Å². The highest BCUT2D eigenvalue weighted by Crippen LogP contribution is 2.36. The summed E-state index contributed by atoms with van der Waals surface area (Å²) in [5, 5.41) is 23.1. The number of benzene rings is 1. The number of hydrogen-bond donors (Lipinski definition) is 3. The van der Waals surface area contributed by atoms with Gasteiger partial charge < -0.3 is 10.2 Å². The zero-order chi connectivity index (χ0) is 15.0. The van der Waals surface area contributed by atoms with Crippen molar-refractivity contribution in [2.45, 2.75) is 23.9 Å². The summed E-state index contributed by atoms with van der Waals surface area (Å²) in [7, 11) is 0. The van der Waals surface area contributed by atoms with Gasteiger partial charge in [-0.1, -0.05) is 12.1 Å². The number of aliphatic imine (C=N–C) groups is 1. The number of nitrogens with zero attached hydrogens (tertiary/aromatic N) is 1. The molecule has 3 atom stereocenters. The van der Waals surface area contributed by atoms with E-state index in [9.17, 15) is 15.0 Å². The highest BCUT2D eigenvalue weighted by molar-refractivity contribution is 8.14. The number of thioether (sulfide) groups is 2. The molecule has 0 bridgehead atoms. The lowest BCUT2D eigenvalue weighted by Crippen LogP contribution is -2.51. The zero-order valence-electron chi connectivity index (χ0n) is 11.4. The van der Waals surface area contributed by atoms with Crippen LogP contribution in [0.15, 0.2) is 29.3 Å². The van der Waals surface area contributed by atoms with E-state index in [0.717, 1.165) is 16.4 Å². The van der Waals surface area contributed by atoms with Gasteiger partial charge in [-0.3, -0.25) is 15.1 Å². The molecule has 0 radical (unpaired) electrons. The van der Waals surface area contributed by atoms with Crippen LogP contribution in [0, 0.1) is 0 Å². The number of hydrogen-bond acceptors (Lipinski definition) is 6. The van der Waals surface area contributed by atoms with Crippen molar-refractivity contribution in [3.8, 4) is 5.75 Å². The maximum Gasteiger partial charge on any atom is 0.324 e. The first kappa shape index (κ1) is 14.7. The Balaban J connectivity index is 1.76. The molecule has 1 aromatic carbocycles. The predicted octanol–water partition coefficient (Wildman–Crippen LogP) is 1.76. The van der Waals surface area contributed by atoms with Gasteiger partial charge in [-0.25, -0.2) is 0 Å². The van der Waals surface area contributed by atoms with Gasteiger partial charge in [0.25, 0.3) is 0 Å². The van der Waals surface area contributed by atoms with Gasteiger partial charge in [0.1, 0.15) is 16.3 Å². The van der Waals surface area contributed by atoms with Gasteiger partial charge in [0, 0.05) is 17.1 Å². The predicted molar refractivity (Wildman–Crippen MR) is 86.3 cm³/mol. The topological polar surface area (TPSA) is 81.9 Å². The highest BCUT2D eigenvalue weighted by Gasteiger charge is 2.45. The van der Waals surface area contributed by atoms with E-state index in [4.69, 9.17) is 0 Å². The first-order chi connectivity index (χ1) is 9.99. The average Bonchev–Trinajstić information content (AvgIpc) is 3.07. The number of carbonyl (C=O) groups is 1. The summed E-state index contributed by atoms with van der Waals surface area (Å²) in [4.78, 5) is 15.9. The standard InChI is InChI=1S/C14H16N2O3S2/c1-14(13(18)19)7-21-12(16-14)9-6-20-11(15-9)8-4-2-3-5-10(8)17/h2-5,9,12,16-17H,6-7H2,1H3,(H,18,19)/t9?,12-,14+/m0/s1. The fraction of sp³-hybridized carbons (Fsp3) is 0.429. The van der Waals surface area contributed by atoms with Crippen LogP contribution >= 0.6 is 23.5 Å². The van der Waals surface area contributed by atoms with Crippen LogP contribution in [0.3, 0.4) is 0 Å². The number of carboxylic acid groups (broad SMARTS) is 1. The van der Waals surface area contributed by atoms with E-state index in [1.807, 2.05) is 12.1 Å². The molecule has 1 fully saturated rings. The number of aromatic hydroxyl groups is 1. The van der Waals surface area contributed by atoms with Gasteiger partial charge in [0.15, 0.2) is 0 Å². The quantitative estimate of drug-likeness (QED) is 0.786. The summed E-state index contributed by atoms with van der Waals surface area (Å²) < 4.78 is 0. The van der Waals surface area contributed by atoms with E-state index in [-0.39, 0.29) is 17.2 Å². The Kier molecular flexibility index (Phi) is 3.90. The Hall–Kier alpha value is -1.18. The minimum Gasteiger partial charge on any atom is -0.507 e. The molecule has 112 valence electrons. The fourth-order valence-electron chi connectivity index (χ4n) is 2.33. The summed E-state index contributed by atoms with van der Waals surface area (Å²) in [6, 6.07) is 7.17. The number of carboxylic acids is 1. The molecule has 0 spiro atoms. The normalized spacial score (nSPS) is 32.1. The van der Waals surface area contributed by atoms with Crippen molar-refractivity contribution in [1.82, 2.24) is 5.32 Å². The molecular formula is C14H16N2O3S2. The second kappa shape index (κ2) is 5.55. The third-order valence-electron chi connectivity index (χ3n) is 3.64. The number of phenols is 1. The molecule has 7 heteroatoms. The maximum absolute atomic E-state index is 11.3. The fourth-order valence-corrected chi connectivity index (χ4v) is 5.03. The SMILES string of the molecule is C[C@]1(C(=O)O)CS[C@@H](C2CSC(c3ccccc3O)=N2)N1. The smallest absolute Gasteiger partial charge is 0.324 e. The molecule has 0 aromatic heterocycles. The minimum atomic E-state index is -0.882. The van der Waals surface area contributed by atoms with Crippen molar-refractivity contribution >= 4 is 34.5 Å². The van der Waals surface area contributed by atoms with Crippen LogP contribution in [0.4, 0.5) is 0 Å². The van der Waals surface area contributed by atoms with Gasteiger partial charge in [-0.15, -0.1) is 23.5 Å². The molecule has 0 aliphatic carbocycles. The Labute approximate surface area is 131 Å². The molecule has 1 aromatic rings. The van der Waals surface area contributed by atoms with Crippen LogP contribution in [0.5, 0.6) is 5.75 Å². The molecule has 5 nitrogen and oxygen atoms in total. The second-order valence-electron chi connectivity index (χ2n) is 5.34. The highest BCUT2D eigenvalue weighted by atomic mass is 32.2. The summed E-state index contributed by atoms with van der Waals surface area (Å²) in [5.41, 5.74) is -0.137. The number of para-hydroxylation sites is 1. The van der Waals surface area contributed by atoms with Crippen LogP contribution in [-0.2, 0) is 4.79 Å². The van der Waals surface area contributed by atoms with Gasteiger partial charge in [-0.05, 0) is 19.1 Å². The number of phenolic OH excluding ortho intramolecular Hbond substituents is 1. The van der Waals surface area contributed by atoms with Gasteiger partial charge >= 0.3 is 5.97 Å². The lowest BCUT2D eigenvalue weighted by molar-refractivity contribution is -0.142. The molecule has 2 aliphatic rings. The Bertz CT molecular complexity index is 608. The molecular weight excluding hydrogens is 308 g/mol. The van der Waals surface area contributed by atoms with Crippen molar-refractivity contribution in [3.63, 3.8) is 0 Å². The number of aliphatic carboxylic acids is 1. The Morgan fingerprint density at radius 1 is 1.48 bits per heavy atom. The molecule has 0 saturated carbocycles. The summed E-state index contributed by atoms with van der Waals surface area (Å²) in [5.74, 6) is 0.736. The third-order valence-corrected chi connectivity index (χ3v) is 6.28. The Morgan fingerprint density at radius 3 is 2.90 bits per heavy atom. The van der Waals surface area contributed by atoms with E-state index in [2.05, 4.69) is 10.3 Å². The van der Waals surface area contributed by atoms with E-state index < -0.39 is 11.5 Å². The number of rotatable bonds is 3. The van der Waals surface area contributed by atoms with Gasteiger partial charge in [0.2, 0.25) is 0 Å². The molecule has 21 heavy (non-hydrogen) atoms. The van der Waals surface area contributed by atoms with Crippen LogP contribution in [0.25, 0.3) is 0 Å². The summed E-state index contributed by atoms with van der Waals surface area (Å²) >= 11 is 3.20. The van der Waals surface area contributed by atoms with Gasteiger partial charge in [-0.2, -0.15) is 0 Å². The third kappa shape index (κ3) is 2.77. The minimum absolute atomic E-state index is 0.00181. The van der Waals surface area contributed by atoms with Gasteiger partial charge in [0.05, 0.1) is 11.4 Å². The van der Waals surface area contributed by atoms with Crippen LogP contribution in [0.2, 0.25) is 0 Å². The molecule has 3 N–H and O–H groups in total. The van der Waals surface area contributed by atoms with Crippen molar-refractivity contribution in [2.24, 2.45) is 4.99 Å². The Morgan fingerprint density at radius 2 is 2.24 bits per heavy atom. The molecule has 0 amide bonds. The molecule has 2 heterocycles. The number of nitrogens with one attached hydrogen (secondary N) is 1. The zero-order valence-corrected chi connectivity index (χ0v) is 13.1. The van der Waals surface area contributed by atoms with Crippen LogP contribution in [-0.4, -0.2) is 49.7 Å². The van der Waals surface area contributed by atoms with E-state index in [0.29, 0.717) is 5.75 Å². The second-order valence-corrected chi connectivity index (χ2v) is 7.48. The maximum atomic E-state index is 11.3. The molecule has 1 unspecified atom stereocenters. The van der Waals surface area contributed by atoms with E-state index in [1.165, 1.54) is 0 Å². The monoisotopic (exact) mass is 324 g/mol. The van der Waals surface area contributed by atoms with Crippen LogP contribution in [0.1, 0.15) is 12.5 Å². The average molecular weight is 324 g/mol. The first-order valence-electron chi connectivity index (χ1n) is 6.61. The molecule has 3 rings (SSSR count). The van der Waals surface area contributed by atoms with E-state index in [1.54, 1.807) is 42.6 Å². The molecule has 2 aliphatic heterocycles. The lowest BCUT2D eigenvalue weighted by Gasteiger charge is -2.21. The van der Waals surface area contributed by atoms with Crippen molar-refractivity contribution in [2.75, 3.05) is 11.5 Å². The first-order valence-corrected chi connectivity index (χ1v) is 8.65. The van der Waals surface area contributed by atoms with Crippen molar-refractivity contribution in [3.05, 3.63) is 29.8 Å². The van der Waals surface area contributed by atoms with Crippen molar-refractivity contribution < 1.29 is 15.0 Å². The lowest BCUT2D eigenvalue weighted by atomic mass is 10.1. The molecule has 1 saturated heterocycles. The summed E-state index contributed by atoms with van der Waals surface area (Å²) in [6.45, 7) is 1.71. The van der Waals surface area contributed by atoms with Crippen LogP contribution < -0.4 is 5.32 Å². The van der Waals surface area contributed by atoms with Crippen molar-refractivity contribution in [1.29, 1.82) is 0 Å².